The molecule has 0 fully saturated rings. The van der Waals surface area contributed by atoms with E-state index in [0.717, 1.165) is 31.3 Å². The third kappa shape index (κ3) is 4.67. The molecule has 1 aliphatic rings. The van der Waals surface area contributed by atoms with E-state index >= 15 is 0 Å². The molecule has 1 aromatic heterocycles. The molecular weight excluding hydrogens is 344 g/mol. The van der Waals surface area contributed by atoms with Gasteiger partial charge in [-0.15, -0.1) is 0 Å². The number of hydroxylamine groups is 1. The molecule has 1 atom stereocenters. The standard InChI is InChI=1S/C20H28N4O3/c1-14-20-16(15-7-4-5-8-17(15)22-20)10-12-24(14)13-19(26)21-11-6-2-3-9-18(25)23-27/h4-5,7-8,14,22,27H,2-3,6,9-13H2,1H3,(H,21,26)(H,23,25). The number of H-pyrrole nitrogens is 1. The Balaban J connectivity index is 1.44. The van der Waals surface area contributed by atoms with Gasteiger partial charge in [-0.2, -0.15) is 0 Å². The molecule has 1 unspecified atom stereocenters. The average molecular weight is 372 g/mol. The highest BCUT2D eigenvalue weighted by Gasteiger charge is 2.28. The number of hydrogen-bond donors (Lipinski definition) is 4. The number of unbranched alkanes of at least 4 members (excludes halogenated alkanes) is 2. The summed E-state index contributed by atoms with van der Waals surface area (Å²) in [4.78, 5) is 28.9. The summed E-state index contributed by atoms with van der Waals surface area (Å²) in [5.41, 5.74) is 5.38. The number of aromatic nitrogens is 1. The fraction of sp³-hybridized carbons (Fsp3) is 0.500. The summed E-state index contributed by atoms with van der Waals surface area (Å²) in [6, 6.07) is 8.54. The Labute approximate surface area is 159 Å². The highest BCUT2D eigenvalue weighted by molar-refractivity contribution is 5.85. The minimum absolute atomic E-state index is 0.0366. The summed E-state index contributed by atoms with van der Waals surface area (Å²) in [5, 5.41) is 12.7. The molecule has 2 amide bonds. The van der Waals surface area contributed by atoms with Crippen molar-refractivity contribution in [2.45, 2.75) is 45.1 Å². The van der Waals surface area contributed by atoms with Gasteiger partial charge in [-0.1, -0.05) is 24.6 Å². The van der Waals surface area contributed by atoms with Gasteiger partial charge >= 0.3 is 0 Å². The number of para-hydroxylation sites is 1. The second kappa shape index (κ2) is 9.01. The van der Waals surface area contributed by atoms with Crippen LogP contribution in [0.2, 0.25) is 0 Å². The van der Waals surface area contributed by atoms with Gasteiger partial charge in [0.1, 0.15) is 0 Å². The maximum Gasteiger partial charge on any atom is 0.243 e. The van der Waals surface area contributed by atoms with E-state index in [1.54, 1.807) is 5.48 Å². The minimum Gasteiger partial charge on any atom is -0.357 e. The van der Waals surface area contributed by atoms with Crippen molar-refractivity contribution in [1.29, 1.82) is 0 Å². The van der Waals surface area contributed by atoms with Gasteiger partial charge in [-0.25, -0.2) is 5.48 Å². The maximum atomic E-state index is 12.3. The number of aromatic amines is 1. The summed E-state index contributed by atoms with van der Waals surface area (Å²) >= 11 is 0. The summed E-state index contributed by atoms with van der Waals surface area (Å²) in [7, 11) is 0. The van der Waals surface area contributed by atoms with Crippen molar-refractivity contribution < 1.29 is 14.8 Å². The molecule has 7 nitrogen and oxygen atoms in total. The van der Waals surface area contributed by atoms with E-state index < -0.39 is 0 Å². The van der Waals surface area contributed by atoms with Crippen molar-refractivity contribution in [2.24, 2.45) is 0 Å². The number of carbonyl (C=O) groups excluding carboxylic acids is 2. The molecule has 146 valence electrons. The molecule has 2 aromatic rings. The number of carbonyl (C=O) groups is 2. The molecule has 27 heavy (non-hydrogen) atoms. The molecule has 0 saturated heterocycles. The lowest BCUT2D eigenvalue weighted by Crippen LogP contribution is -2.42. The molecular formula is C20H28N4O3. The molecule has 0 bridgehead atoms. The van der Waals surface area contributed by atoms with E-state index in [1.807, 2.05) is 6.07 Å². The average Bonchev–Trinajstić information content (AvgIpc) is 3.06. The first-order valence-corrected chi connectivity index (χ1v) is 9.63. The topological polar surface area (TPSA) is 97.5 Å². The lowest BCUT2D eigenvalue weighted by Gasteiger charge is -2.32. The molecule has 0 saturated carbocycles. The summed E-state index contributed by atoms with van der Waals surface area (Å²) < 4.78 is 0. The zero-order chi connectivity index (χ0) is 19.2. The Bertz CT molecular complexity index is 802. The molecule has 7 heteroatoms. The van der Waals surface area contributed by atoms with Gasteiger partial charge in [-0.05, 0) is 37.8 Å². The van der Waals surface area contributed by atoms with E-state index in [4.69, 9.17) is 5.21 Å². The molecule has 3 rings (SSSR count). The molecule has 0 aliphatic carbocycles. The van der Waals surface area contributed by atoms with Crippen LogP contribution in [0.5, 0.6) is 0 Å². The van der Waals surface area contributed by atoms with Crippen molar-refractivity contribution >= 4 is 22.7 Å². The number of fused-ring (bicyclic) bond motifs is 3. The van der Waals surface area contributed by atoms with Crippen LogP contribution in [0, 0.1) is 0 Å². The van der Waals surface area contributed by atoms with Crippen molar-refractivity contribution in [2.75, 3.05) is 19.6 Å². The van der Waals surface area contributed by atoms with Crippen LogP contribution in [0.25, 0.3) is 10.9 Å². The van der Waals surface area contributed by atoms with Crippen LogP contribution in [-0.2, 0) is 16.0 Å². The second-order valence-electron chi connectivity index (χ2n) is 7.15. The van der Waals surface area contributed by atoms with Gasteiger partial charge < -0.3 is 10.3 Å². The van der Waals surface area contributed by atoms with Gasteiger partial charge in [-0.3, -0.25) is 19.7 Å². The predicted octanol–water partition coefficient (Wildman–Crippen LogP) is 2.27. The fourth-order valence-corrected chi connectivity index (χ4v) is 3.81. The van der Waals surface area contributed by atoms with Gasteiger partial charge in [0.15, 0.2) is 0 Å². The Morgan fingerprint density at radius 2 is 2.04 bits per heavy atom. The quantitative estimate of drug-likeness (QED) is 0.325. The zero-order valence-corrected chi connectivity index (χ0v) is 15.8. The SMILES string of the molecule is CC1c2[nH]c3ccccc3c2CCN1CC(=O)NCCCCCC(=O)NO. The lowest BCUT2D eigenvalue weighted by atomic mass is 9.98. The first-order chi connectivity index (χ1) is 13.1. The number of benzene rings is 1. The summed E-state index contributed by atoms with van der Waals surface area (Å²) in [5.74, 6) is -0.330. The monoisotopic (exact) mass is 372 g/mol. The van der Waals surface area contributed by atoms with Gasteiger partial charge in [0, 0.05) is 42.1 Å². The Kier molecular flexibility index (Phi) is 6.47. The van der Waals surface area contributed by atoms with Gasteiger partial charge in [0.25, 0.3) is 0 Å². The third-order valence-corrected chi connectivity index (χ3v) is 5.34. The van der Waals surface area contributed by atoms with Crippen molar-refractivity contribution in [1.82, 2.24) is 20.7 Å². The minimum atomic E-state index is -0.366. The zero-order valence-electron chi connectivity index (χ0n) is 15.8. The molecule has 0 radical (unpaired) electrons. The van der Waals surface area contributed by atoms with Crippen molar-refractivity contribution in [3.63, 3.8) is 0 Å². The number of nitrogens with zero attached hydrogens (tertiary/aromatic N) is 1. The fourth-order valence-electron chi connectivity index (χ4n) is 3.81. The maximum absolute atomic E-state index is 12.3. The largest absolute Gasteiger partial charge is 0.357 e. The third-order valence-electron chi connectivity index (χ3n) is 5.34. The van der Waals surface area contributed by atoms with E-state index in [0.29, 0.717) is 25.9 Å². The second-order valence-corrected chi connectivity index (χ2v) is 7.15. The molecule has 0 spiro atoms. The Morgan fingerprint density at radius 1 is 1.22 bits per heavy atom. The smallest absolute Gasteiger partial charge is 0.243 e. The first-order valence-electron chi connectivity index (χ1n) is 9.63. The lowest BCUT2D eigenvalue weighted by molar-refractivity contribution is -0.129. The van der Waals surface area contributed by atoms with E-state index in [-0.39, 0.29) is 17.9 Å². The van der Waals surface area contributed by atoms with Crippen LogP contribution in [0.1, 0.15) is 49.9 Å². The van der Waals surface area contributed by atoms with Crippen LogP contribution >= 0.6 is 0 Å². The molecule has 4 N–H and O–H groups in total. The Hall–Kier alpha value is -2.38. The van der Waals surface area contributed by atoms with Gasteiger partial charge in [0.05, 0.1) is 6.54 Å². The first kappa shape index (κ1) is 19.4. The van der Waals surface area contributed by atoms with E-state index in [9.17, 15) is 9.59 Å². The number of nitrogens with one attached hydrogen (secondary N) is 3. The number of hydrogen-bond acceptors (Lipinski definition) is 4. The molecule has 2 heterocycles. The van der Waals surface area contributed by atoms with Crippen LogP contribution in [0.3, 0.4) is 0 Å². The van der Waals surface area contributed by atoms with Crippen LogP contribution in [-0.4, -0.2) is 46.5 Å². The highest BCUT2D eigenvalue weighted by Crippen LogP contribution is 2.33. The van der Waals surface area contributed by atoms with Crippen molar-refractivity contribution in [3.8, 4) is 0 Å². The Morgan fingerprint density at radius 3 is 2.85 bits per heavy atom. The van der Waals surface area contributed by atoms with Crippen molar-refractivity contribution in [3.05, 3.63) is 35.5 Å². The van der Waals surface area contributed by atoms with Crippen LogP contribution in [0.15, 0.2) is 24.3 Å². The number of rotatable bonds is 8. The normalized spacial score (nSPS) is 16.9. The number of amides is 2. The van der Waals surface area contributed by atoms with E-state index in [2.05, 4.69) is 40.3 Å². The van der Waals surface area contributed by atoms with E-state index in [1.165, 1.54) is 16.6 Å². The summed E-state index contributed by atoms with van der Waals surface area (Å²) in [6.45, 7) is 4.02. The molecule has 1 aromatic carbocycles. The van der Waals surface area contributed by atoms with Gasteiger partial charge in [0.2, 0.25) is 11.8 Å². The highest BCUT2D eigenvalue weighted by atomic mass is 16.5. The summed E-state index contributed by atoms with van der Waals surface area (Å²) in [6.07, 6.45) is 3.62. The predicted molar refractivity (Wildman–Crippen MR) is 103 cm³/mol. The van der Waals surface area contributed by atoms with Crippen LogP contribution in [0.4, 0.5) is 0 Å². The van der Waals surface area contributed by atoms with Crippen LogP contribution < -0.4 is 10.8 Å². The molecule has 1 aliphatic heterocycles.